The van der Waals surface area contributed by atoms with Crippen LogP contribution in [0.25, 0.3) is 91.9 Å². The monoisotopic (exact) mass is 844 g/mol. The molecule has 0 radical (unpaired) electrons. The zero-order chi connectivity index (χ0) is 43.6. The first-order chi connectivity index (χ1) is 30.7. The topological polar surface area (TPSA) is 30.1 Å². The van der Waals surface area contributed by atoms with Gasteiger partial charge in [-0.15, -0.1) is 11.3 Å². The normalized spacial score (nSPS) is 14.2. The number of hydrogen-bond donors (Lipinski definition) is 1. The predicted octanol–water partition coefficient (Wildman–Crippen LogP) is 15.1. The van der Waals surface area contributed by atoms with Crippen molar-refractivity contribution in [3.8, 4) is 27.9 Å². The Labute approximate surface area is 378 Å². The molecule has 0 spiro atoms. The Kier molecular flexibility index (Phi) is 7.59. The molecule has 0 bridgehead atoms. The van der Waals surface area contributed by atoms with Crippen LogP contribution in [0.15, 0.2) is 144 Å². The third kappa shape index (κ3) is 5.22. The van der Waals surface area contributed by atoms with Gasteiger partial charge in [-0.3, -0.25) is 0 Å². The van der Waals surface area contributed by atoms with Gasteiger partial charge in [0.05, 0.1) is 5.52 Å². The average molecular weight is 845 g/mol. The van der Waals surface area contributed by atoms with Gasteiger partial charge in [0.2, 0.25) is 0 Å². The van der Waals surface area contributed by atoms with Crippen LogP contribution in [-0.2, 0) is 16.2 Å². The van der Waals surface area contributed by atoms with Gasteiger partial charge < -0.3 is 14.3 Å². The molecule has 0 unspecified atom stereocenters. The Morgan fingerprint density at radius 3 is 2.11 bits per heavy atom. The highest BCUT2D eigenvalue weighted by molar-refractivity contribution is 7.25. The lowest BCUT2D eigenvalue weighted by molar-refractivity contribution is 0.590. The number of fused-ring (bicyclic) bond motifs is 15. The zero-order valence-electron chi connectivity index (χ0n) is 37.7. The van der Waals surface area contributed by atoms with Gasteiger partial charge in [0.1, 0.15) is 11.2 Å². The molecule has 13 rings (SSSR count). The summed E-state index contributed by atoms with van der Waals surface area (Å²) in [7, 11) is 0.776. The third-order valence-corrected chi connectivity index (χ3v) is 15.8. The summed E-state index contributed by atoms with van der Waals surface area (Å²) >= 11 is 1.88. The van der Waals surface area contributed by atoms with Crippen LogP contribution >= 0.6 is 11.3 Å². The van der Waals surface area contributed by atoms with Gasteiger partial charge in [0.25, 0.3) is 0 Å². The molecular weight excluding hydrogens is 796 g/mol. The molecule has 310 valence electrons. The minimum absolute atomic E-state index is 0.0178. The molecule has 0 saturated carbocycles. The zero-order valence-corrected chi connectivity index (χ0v) is 38.6. The van der Waals surface area contributed by atoms with Crippen LogP contribution in [0.5, 0.6) is 0 Å². The molecule has 0 fully saturated rings. The van der Waals surface area contributed by atoms with Crippen molar-refractivity contribution in [2.75, 3.05) is 5.32 Å². The van der Waals surface area contributed by atoms with Crippen molar-refractivity contribution < 1.29 is 4.42 Å². The van der Waals surface area contributed by atoms with E-state index in [2.05, 4.69) is 205 Å². The highest BCUT2D eigenvalue weighted by atomic mass is 32.1. The summed E-state index contributed by atoms with van der Waals surface area (Å²) in [5.41, 5.74) is 21.0. The highest BCUT2D eigenvalue weighted by Crippen LogP contribution is 2.58. The summed E-state index contributed by atoms with van der Waals surface area (Å²) in [6, 6.07) is 52.7. The fourth-order valence-corrected chi connectivity index (χ4v) is 12.6. The van der Waals surface area contributed by atoms with Crippen molar-refractivity contribution in [3.05, 3.63) is 162 Å². The van der Waals surface area contributed by atoms with Gasteiger partial charge in [0, 0.05) is 75.3 Å². The van der Waals surface area contributed by atoms with Gasteiger partial charge in [-0.25, -0.2) is 0 Å². The van der Waals surface area contributed by atoms with E-state index in [0.29, 0.717) is 0 Å². The number of anilines is 2. The number of para-hydroxylation sites is 1. The van der Waals surface area contributed by atoms with E-state index in [-0.39, 0.29) is 16.2 Å². The molecule has 5 heteroatoms. The molecule has 8 aromatic carbocycles. The Bertz CT molecular complexity index is 3830. The molecule has 3 aromatic heterocycles. The van der Waals surface area contributed by atoms with Gasteiger partial charge >= 0.3 is 0 Å². The number of aromatic nitrogens is 1. The maximum atomic E-state index is 6.64. The van der Waals surface area contributed by atoms with E-state index in [9.17, 15) is 0 Å². The second-order valence-electron chi connectivity index (χ2n) is 21.0. The van der Waals surface area contributed by atoms with Crippen LogP contribution in [0.4, 0.5) is 11.4 Å². The minimum Gasteiger partial charge on any atom is -0.456 e. The molecular formula is C59H49BN2OS. The first-order valence-electron chi connectivity index (χ1n) is 22.8. The second-order valence-corrected chi connectivity index (χ2v) is 22.1. The van der Waals surface area contributed by atoms with E-state index >= 15 is 0 Å². The Hall–Kier alpha value is -6.56. The standard InChI is InChI=1S/C59H49BN2OS/c1-57(2,3)32-21-24-34(25-22-32)61-44-31-50-39(36-16-11-14-20-49(36)64-50)28-40(44)53-54-51(37-17-9-12-18-42(37)59(54,7)8)52-41-27-33(58(4,5)6)23-26-45(41)62-46-29-38-35-15-10-13-19-47(35)63-48(38)30-43(46)60-55(53)56(52)62/h9-31,60-61H,1-8H3. The smallest absolute Gasteiger partial charge is 0.198 e. The van der Waals surface area contributed by atoms with E-state index in [4.69, 9.17) is 4.42 Å². The van der Waals surface area contributed by atoms with Crippen LogP contribution in [-0.4, -0.2) is 11.8 Å². The van der Waals surface area contributed by atoms with Crippen molar-refractivity contribution >= 4 is 105 Å². The van der Waals surface area contributed by atoms with Crippen LogP contribution in [0, 0.1) is 0 Å². The number of thiophene rings is 1. The van der Waals surface area contributed by atoms with Crippen molar-refractivity contribution in [2.24, 2.45) is 0 Å². The molecule has 11 aromatic rings. The number of nitrogens with one attached hydrogen (secondary N) is 1. The summed E-state index contributed by atoms with van der Waals surface area (Å²) < 4.78 is 11.9. The van der Waals surface area contributed by atoms with E-state index < -0.39 is 0 Å². The second kappa shape index (κ2) is 12.8. The summed E-state index contributed by atoms with van der Waals surface area (Å²) in [6.07, 6.45) is 0. The predicted molar refractivity (Wildman–Crippen MR) is 277 cm³/mol. The lowest BCUT2D eigenvalue weighted by Gasteiger charge is -2.30. The fourth-order valence-electron chi connectivity index (χ4n) is 11.4. The summed E-state index contributed by atoms with van der Waals surface area (Å²) in [6.45, 7) is 18.8. The maximum absolute atomic E-state index is 6.64. The molecule has 0 amide bonds. The number of rotatable bonds is 3. The van der Waals surface area contributed by atoms with Gasteiger partial charge in [-0.1, -0.05) is 140 Å². The third-order valence-electron chi connectivity index (χ3n) is 14.7. The molecule has 64 heavy (non-hydrogen) atoms. The van der Waals surface area contributed by atoms with Crippen LogP contribution in [0.2, 0.25) is 0 Å². The summed E-state index contributed by atoms with van der Waals surface area (Å²) in [4.78, 5) is 0. The average Bonchev–Trinajstić information content (AvgIpc) is 3.99. The molecule has 1 aliphatic carbocycles. The van der Waals surface area contributed by atoms with Crippen molar-refractivity contribution in [1.82, 2.24) is 4.57 Å². The van der Waals surface area contributed by atoms with Crippen molar-refractivity contribution in [2.45, 2.75) is 71.6 Å². The largest absolute Gasteiger partial charge is 0.456 e. The first-order valence-corrected chi connectivity index (χ1v) is 23.6. The lowest BCUT2D eigenvalue weighted by atomic mass is 9.57. The molecule has 0 atom stereocenters. The summed E-state index contributed by atoms with van der Waals surface area (Å²) in [5, 5.41) is 11.7. The quantitative estimate of drug-likeness (QED) is 0.180. The minimum atomic E-state index is -0.289. The number of furan rings is 1. The van der Waals surface area contributed by atoms with Crippen LogP contribution < -0.4 is 16.2 Å². The van der Waals surface area contributed by atoms with E-state index in [1.165, 1.54) is 103 Å². The highest BCUT2D eigenvalue weighted by Gasteiger charge is 2.43. The fraction of sp³-hybridized carbons (Fsp3) is 0.186. The Balaban J connectivity index is 1.21. The molecule has 1 aliphatic heterocycles. The molecule has 1 N–H and O–H groups in total. The first kappa shape index (κ1) is 38.0. The molecule has 3 nitrogen and oxygen atoms in total. The van der Waals surface area contributed by atoms with Gasteiger partial charge in [-0.2, -0.15) is 0 Å². The van der Waals surface area contributed by atoms with Crippen molar-refractivity contribution in [3.63, 3.8) is 0 Å². The van der Waals surface area contributed by atoms with Gasteiger partial charge in [0.15, 0.2) is 7.28 Å². The van der Waals surface area contributed by atoms with E-state index in [1.807, 2.05) is 11.3 Å². The van der Waals surface area contributed by atoms with E-state index in [0.717, 1.165) is 40.6 Å². The number of benzene rings is 8. The van der Waals surface area contributed by atoms with Crippen LogP contribution in [0.3, 0.4) is 0 Å². The molecule has 4 heterocycles. The lowest BCUT2D eigenvalue weighted by Crippen LogP contribution is -2.38. The number of hydrogen-bond acceptors (Lipinski definition) is 3. The SMILES string of the molecule is CC(C)(C)c1ccc(Nc2cc3sc4ccccc4c3cc2-c2c3c(c4c5cc(C(C)(C)C)ccc5n5c4c2Bc2cc4oc6ccccc6c4cc2-5)-c2ccccc2C3(C)C)cc1. The molecule has 0 saturated heterocycles. The summed E-state index contributed by atoms with van der Waals surface area (Å²) in [5.74, 6) is 0. The molecule has 2 aliphatic rings. The van der Waals surface area contributed by atoms with Crippen LogP contribution in [0.1, 0.15) is 77.6 Å². The van der Waals surface area contributed by atoms with E-state index in [1.54, 1.807) is 0 Å². The maximum Gasteiger partial charge on any atom is 0.198 e. The van der Waals surface area contributed by atoms with Gasteiger partial charge in [-0.05, 0) is 116 Å². The Morgan fingerprint density at radius 1 is 0.594 bits per heavy atom. The Morgan fingerprint density at radius 2 is 1.31 bits per heavy atom. The van der Waals surface area contributed by atoms with Crippen molar-refractivity contribution in [1.29, 1.82) is 0 Å². The number of nitrogens with zero attached hydrogens (tertiary/aromatic N) is 1.